The van der Waals surface area contributed by atoms with E-state index in [1.165, 1.54) is 7.11 Å². The molecule has 0 bridgehead atoms. The van der Waals surface area contributed by atoms with Crippen molar-refractivity contribution in [2.45, 2.75) is 38.5 Å². The zero-order valence-corrected chi connectivity index (χ0v) is 17.5. The predicted molar refractivity (Wildman–Crippen MR) is 103 cm³/mol. The summed E-state index contributed by atoms with van der Waals surface area (Å²) in [7, 11) is 1.54. The van der Waals surface area contributed by atoms with Crippen molar-refractivity contribution in [2.24, 2.45) is 5.41 Å². The van der Waals surface area contributed by atoms with E-state index in [2.05, 4.69) is 4.98 Å². The maximum absolute atomic E-state index is 13.0. The fourth-order valence-corrected chi connectivity index (χ4v) is 3.87. The molecule has 2 saturated heterocycles. The van der Waals surface area contributed by atoms with Crippen molar-refractivity contribution in [2.75, 3.05) is 40.0 Å². The Morgan fingerprint density at radius 3 is 2.74 bits per heavy atom. The number of halogens is 3. The highest BCUT2D eigenvalue weighted by atomic mass is 19.4. The quantitative estimate of drug-likeness (QED) is 0.740. The van der Waals surface area contributed by atoms with Gasteiger partial charge in [-0.3, -0.25) is 4.79 Å². The number of ether oxygens (including phenoxy) is 3. The molecule has 0 aliphatic carbocycles. The molecule has 0 spiro atoms. The van der Waals surface area contributed by atoms with E-state index in [0.29, 0.717) is 37.7 Å². The summed E-state index contributed by atoms with van der Waals surface area (Å²) in [5.74, 6) is -2.41. The van der Waals surface area contributed by atoms with E-state index >= 15 is 0 Å². The SMILES string of the molecule is CCOCC12CCCOC1CCN(C(=O)c1cccnc1OC)C2.O=C(O)C(F)(F)F. The summed E-state index contributed by atoms with van der Waals surface area (Å²) in [4.78, 5) is 27.9. The van der Waals surface area contributed by atoms with Gasteiger partial charge in [0.2, 0.25) is 5.88 Å². The molecule has 0 radical (unpaired) electrons. The number of nitrogens with zero attached hydrogens (tertiary/aromatic N) is 2. The van der Waals surface area contributed by atoms with E-state index in [4.69, 9.17) is 24.1 Å². The van der Waals surface area contributed by atoms with Gasteiger partial charge in [0.15, 0.2) is 0 Å². The molecule has 1 N–H and O–H groups in total. The van der Waals surface area contributed by atoms with Crippen LogP contribution in [0.25, 0.3) is 0 Å². The Kier molecular flexibility index (Phi) is 8.63. The lowest BCUT2D eigenvalue weighted by molar-refractivity contribution is -0.192. The summed E-state index contributed by atoms with van der Waals surface area (Å²) in [6, 6.07) is 3.54. The molecule has 1 aromatic rings. The van der Waals surface area contributed by atoms with Gasteiger partial charge in [-0.15, -0.1) is 0 Å². The molecule has 1 aromatic heterocycles. The number of aromatic nitrogens is 1. The number of likely N-dealkylation sites (tertiary alicyclic amines) is 1. The molecule has 174 valence electrons. The van der Waals surface area contributed by atoms with Crippen LogP contribution in [-0.2, 0) is 14.3 Å². The van der Waals surface area contributed by atoms with Crippen LogP contribution in [0, 0.1) is 5.41 Å². The van der Waals surface area contributed by atoms with E-state index in [-0.39, 0.29) is 17.4 Å². The van der Waals surface area contributed by atoms with Crippen molar-refractivity contribution in [1.82, 2.24) is 9.88 Å². The summed E-state index contributed by atoms with van der Waals surface area (Å²) in [5, 5.41) is 7.12. The summed E-state index contributed by atoms with van der Waals surface area (Å²) in [6.45, 7) is 5.48. The zero-order valence-electron chi connectivity index (χ0n) is 17.5. The maximum Gasteiger partial charge on any atom is 0.490 e. The fraction of sp³-hybridized carbons (Fsp3) is 0.650. The van der Waals surface area contributed by atoms with Crippen LogP contribution >= 0.6 is 0 Å². The van der Waals surface area contributed by atoms with Crippen LogP contribution in [0.1, 0.15) is 36.5 Å². The van der Waals surface area contributed by atoms with Crippen molar-refractivity contribution in [3.63, 3.8) is 0 Å². The largest absolute Gasteiger partial charge is 0.490 e. The van der Waals surface area contributed by atoms with Crippen molar-refractivity contribution in [3.05, 3.63) is 23.9 Å². The molecule has 2 atom stereocenters. The van der Waals surface area contributed by atoms with Crippen LogP contribution in [0.5, 0.6) is 5.88 Å². The van der Waals surface area contributed by atoms with E-state index < -0.39 is 12.1 Å². The summed E-state index contributed by atoms with van der Waals surface area (Å²) in [6.07, 6.45) is -0.375. The van der Waals surface area contributed by atoms with Gasteiger partial charge in [0, 0.05) is 37.9 Å². The molecule has 3 rings (SSSR count). The highest BCUT2D eigenvalue weighted by Gasteiger charge is 2.47. The fourth-order valence-electron chi connectivity index (χ4n) is 3.87. The number of carboxylic acid groups (broad SMARTS) is 1. The first kappa shape index (κ1) is 24.9. The van der Waals surface area contributed by atoms with Gasteiger partial charge in [-0.1, -0.05) is 0 Å². The van der Waals surface area contributed by atoms with Crippen LogP contribution < -0.4 is 4.74 Å². The topological polar surface area (TPSA) is 98.2 Å². The van der Waals surface area contributed by atoms with Gasteiger partial charge < -0.3 is 24.2 Å². The third-order valence-electron chi connectivity index (χ3n) is 5.31. The van der Waals surface area contributed by atoms with Crippen LogP contribution in [0.4, 0.5) is 13.2 Å². The number of fused-ring (bicyclic) bond motifs is 1. The van der Waals surface area contributed by atoms with Gasteiger partial charge >= 0.3 is 12.1 Å². The standard InChI is InChI=1S/C18H26N2O4.C2HF3O2/c1-3-23-13-18-8-5-11-24-15(18)7-10-20(12-18)17(21)14-6-4-9-19-16(14)22-2;3-2(4,5)1(6)7/h4,6,9,15H,3,5,7-8,10-13H2,1-2H3;(H,6,7). The number of rotatable bonds is 5. The van der Waals surface area contributed by atoms with E-state index in [0.717, 1.165) is 25.9 Å². The lowest BCUT2D eigenvalue weighted by Gasteiger charge is -2.50. The maximum atomic E-state index is 13.0. The Bertz CT molecular complexity index is 761. The lowest BCUT2D eigenvalue weighted by Crippen LogP contribution is -2.58. The molecule has 2 fully saturated rings. The molecular formula is C20H27F3N2O6. The molecule has 0 saturated carbocycles. The average molecular weight is 448 g/mol. The molecule has 1 amide bonds. The number of aliphatic carboxylic acids is 1. The number of carbonyl (C=O) groups is 2. The van der Waals surface area contributed by atoms with Crippen molar-refractivity contribution in [1.29, 1.82) is 0 Å². The minimum atomic E-state index is -5.08. The molecule has 31 heavy (non-hydrogen) atoms. The predicted octanol–water partition coefficient (Wildman–Crippen LogP) is 2.77. The average Bonchev–Trinajstić information content (AvgIpc) is 2.76. The lowest BCUT2D eigenvalue weighted by atomic mass is 9.73. The molecule has 3 heterocycles. The minimum Gasteiger partial charge on any atom is -0.480 e. The second-order valence-electron chi connectivity index (χ2n) is 7.34. The molecule has 2 unspecified atom stereocenters. The van der Waals surface area contributed by atoms with Crippen molar-refractivity contribution < 1.29 is 42.1 Å². The first-order valence-corrected chi connectivity index (χ1v) is 9.92. The molecule has 2 aliphatic rings. The number of methoxy groups -OCH3 is 1. The molecule has 2 aliphatic heterocycles. The van der Waals surface area contributed by atoms with Gasteiger partial charge in [0.25, 0.3) is 5.91 Å². The number of piperidine rings is 1. The summed E-state index contributed by atoms with van der Waals surface area (Å²) < 4.78 is 48.7. The van der Waals surface area contributed by atoms with Gasteiger partial charge in [0.1, 0.15) is 5.56 Å². The normalized spacial score (nSPS) is 23.3. The van der Waals surface area contributed by atoms with Gasteiger partial charge in [0.05, 0.1) is 19.8 Å². The highest BCUT2D eigenvalue weighted by Crippen LogP contribution is 2.41. The number of pyridine rings is 1. The molecule has 11 heteroatoms. The molecule has 0 aromatic carbocycles. The number of hydrogen-bond donors (Lipinski definition) is 1. The Balaban J connectivity index is 0.000000423. The first-order valence-electron chi connectivity index (χ1n) is 9.92. The number of amides is 1. The number of alkyl halides is 3. The second-order valence-corrected chi connectivity index (χ2v) is 7.34. The smallest absolute Gasteiger partial charge is 0.480 e. The van der Waals surface area contributed by atoms with Crippen LogP contribution in [0.15, 0.2) is 18.3 Å². The first-order chi connectivity index (χ1) is 14.6. The molecule has 8 nitrogen and oxygen atoms in total. The Morgan fingerprint density at radius 1 is 1.42 bits per heavy atom. The summed E-state index contributed by atoms with van der Waals surface area (Å²) >= 11 is 0. The second kappa shape index (κ2) is 10.8. The van der Waals surface area contributed by atoms with E-state index in [1.54, 1.807) is 18.3 Å². The monoisotopic (exact) mass is 448 g/mol. The Hall–Kier alpha value is -2.40. The van der Waals surface area contributed by atoms with Crippen LogP contribution in [0.2, 0.25) is 0 Å². The number of carbonyl (C=O) groups excluding carboxylic acids is 1. The Morgan fingerprint density at radius 2 is 2.13 bits per heavy atom. The van der Waals surface area contributed by atoms with Gasteiger partial charge in [-0.25, -0.2) is 9.78 Å². The zero-order chi connectivity index (χ0) is 23.1. The van der Waals surface area contributed by atoms with Crippen molar-refractivity contribution >= 4 is 11.9 Å². The van der Waals surface area contributed by atoms with Crippen molar-refractivity contribution in [3.8, 4) is 5.88 Å². The third-order valence-corrected chi connectivity index (χ3v) is 5.31. The van der Waals surface area contributed by atoms with Gasteiger partial charge in [-0.05, 0) is 38.3 Å². The number of carboxylic acids is 1. The highest BCUT2D eigenvalue weighted by molar-refractivity contribution is 5.96. The third kappa shape index (κ3) is 6.30. The van der Waals surface area contributed by atoms with E-state index in [1.807, 2.05) is 11.8 Å². The Labute approximate surface area is 178 Å². The van der Waals surface area contributed by atoms with Crippen LogP contribution in [-0.4, -0.2) is 79.2 Å². The van der Waals surface area contributed by atoms with Gasteiger partial charge in [-0.2, -0.15) is 13.2 Å². The minimum absolute atomic E-state index is 0.0279. The molecular weight excluding hydrogens is 421 g/mol. The number of hydrogen-bond acceptors (Lipinski definition) is 6. The van der Waals surface area contributed by atoms with Crippen LogP contribution in [0.3, 0.4) is 0 Å². The summed E-state index contributed by atoms with van der Waals surface area (Å²) in [5.41, 5.74) is 0.416. The van der Waals surface area contributed by atoms with E-state index in [9.17, 15) is 18.0 Å².